The third kappa shape index (κ3) is 1.75. The third-order valence-corrected chi connectivity index (χ3v) is 8.00. The van der Waals surface area contributed by atoms with Crippen molar-refractivity contribution in [3.63, 3.8) is 0 Å². The number of ether oxygens (including phenoxy) is 1. The van der Waals surface area contributed by atoms with E-state index in [1.807, 2.05) is 7.11 Å². The smallest absolute Gasteiger partial charge is 0.147 e. The normalized spacial score (nSPS) is 24.8. The van der Waals surface area contributed by atoms with Gasteiger partial charge in [0.05, 0.1) is 0 Å². The number of hydrogen-bond acceptors (Lipinski definition) is 1. The lowest BCUT2D eigenvalue weighted by Crippen LogP contribution is -2.51. The molecule has 130 valence electrons. The average Bonchev–Trinajstić information content (AvgIpc) is 2.63. The first-order valence-corrected chi connectivity index (χ1v) is 10.8. The van der Waals surface area contributed by atoms with Gasteiger partial charge in [-0.15, -0.1) is 0 Å². The van der Waals surface area contributed by atoms with E-state index in [1.54, 1.807) is 0 Å². The van der Waals surface area contributed by atoms with E-state index in [2.05, 4.69) is 109 Å². The van der Waals surface area contributed by atoms with Crippen molar-refractivity contribution >= 4 is 47.8 Å². The van der Waals surface area contributed by atoms with Crippen molar-refractivity contribution in [2.45, 2.75) is 17.9 Å². The molecule has 3 aromatic carbocycles. The highest BCUT2D eigenvalue weighted by Crippen LogP contribution is 2.65. The molecule has 0 aromatic heterocycles. The van der Waals surface area contributed by atoms with Crippen molar-refractivity contribution in [2.24, 2.45) is 0 Å². The van der Waals surface area contributed by atoms with E-state index >= 15 is 0 Å². The molecule has 1 nitrogen and oxygen atoms in total. The molecule has 3 aromatic rings. The van der Waals surface area contributed by atoms with Crippen molar-refractivity contribution in [3.8, 4) is 0 Å². The van der Waals surface area contributed by atoms with Crippen LogP contribution in [0, 0.1) is 0 Å². The Labute approximate surface area is 178 Å². The first-order valence-electron chi connectivity index (χ1n) is 8.41. The second-order valence-electron chi connectivity index (χ2n) is 7.00. The minimum Gasteiger partial charge on any atom is -0.364 e. The highest BCUT2D eigenvalue weighted by molar-refractivity contribution is 9.11. The van der Waals surface area contributed by atoms with E-state index in [4.69, 9.17) is 4.74 Å². The molecular weight excluding hydrogens is 520 g/mol. The molecule has 0 N–H and O–H groups in total. The van der Waals surface area contributed by atoms with Gasteiger partial charge in [-0.2, -0.15) is 0 Å². The summed E-state index contributed by atoms with van der Waals surface area (Å²) in [4.78, 5) is 0. The number of halogens is 3. The summed E-state index contributed by atoms with van der Waals surface area (Å²) in [5.41, 5.74) is 6.58. The fourth-order valence-corrected chi connectivity index (χ4v) is 6.95. The number of methoxy groups -OCH3 is 1. The fraction of sp³-hybridized carbons (Fsp3) is 0.182. The van der Waals surface area contributed by atoms with E-state index in [1.165, 1.54) is 33.4 Å². The van der Waals surface area contributed by atoms with Gasteiger partial charge in [-0.1, -0.05) is 84.2 Å². The topological polar surface area (TPSA) is 9.23 Å². The maximum Gasteiger partial charge on any atom is 0.147 e. The van der Waals surface area contributed by atoms with E-state index in [9.17, 15) is 0 Å². The Balaban J connectivity index is 2.11. The van der Waals surface area contributed by atoms with Crippen LogP contribution >= 0.6 is 47.8 Å². The summed E-state index contributed by atoms with van der Waals surface area (Å²) in [7, 11) is 1.81. The van der Waals surface area contributed by atoms with Crippen molar-refractivity contribution in [3.05, 3.63) is 101 Å². The lowest BCUT2D eigenvalue weighted by Gasteiger charge is -2.55. The Bertz CT molecular complexity index is 954. The lowest BCUT2D eigenvalue weighted by atomic mass is 9.52. The van der Waals surface area contributed by atoms with Gasteiger partial charge in [-0.3, -0.25) is 0 Å². The zero-order chi connectivity index (χ0) is 18.3. The molecule has 0 heterocycles. The fourth-order valence-electron chi connectivity index (χ4n) is 5.01. The molecule has 0 fully saturated rings. The Morgan fingerprint density at radius 3 is 1.31 bits per heavy atom. The van der Waals surface area contributed by atoms with Crippen LogP contribution in [-0.2, 0) is 15.8 Å². The van der Waals surface area contributed by atoms with Gasteiger partial charge >= 0.3 is 0 Å². The monoisotopic (exact) mass is 532 g/mol. The maximum absolute atomic E-state index is 6.44. The minimum absolute atomic E-state index is 0.238. The van der Waals surface area contributed by atoms with Gasteiger partial charge in [-0.05, 0) is 41.8 Å². The largest absolute Gasteiger partial charge is 0.364 e. The maximum atomic E-state index is 6.44. The van der Waals surface area contributed by atoms with Crippen molar-refractivity contribution in [2.75, 3.05) is 7.11 Å². The summed E-state index contributed by atoms with van der Waals surface area (Å²) in [6, 6.07) is 19.4. The number of benzene rings is 3. The molecule has 26 heavy (non-hydrogen) atoms. The van der Waals surface area contributed by atoms with E-state index in [0.29, 0.717) is 0 Å². The van der Waals surface area contributed by atoms with Gasteiger partial charge in [0.25, 0.3) is 0 Å². The van der Waals surface area contributed by atoms with E-state index in [-0.39, 0.29) is 5.41 Å². The Morgan fingerprint density at radius 2 is 1.00 bits per heavy atom. The van der Waals surface area contributed by atoms with Crippen LogP contribution in [0.2, 0.25) is 0 Å². The molecular formula is C22H15Br3O. The van der Waals surface area contributed by atoms with Crippen LogP contribution in [0.5, 0.6) is 0 Å². The zero-order valence-corrected chi connectivity index (χ0v) is 19.0. The molecule has 0 atom stereocenters. The Hall–Kier alpha value is -0.940. The minimum atomic E-state index is -0.669. The molecule has 0 unspecified atom stereocenters. The van der Waals surface area contributed by atoms with Crippen molar-refractivity contribution in [1.29, 1.82) is 0 Å². The second kappa shape index (κ2) is 5.54. The molecule has 2 bridgehead atoms. The highest BCUT2D eigenvalue weighted by atomic mass is 79.9. The molecule has 3 aliphatic rings. The van der Waals surface area contributed by atoms with Gasteiger partial charge < -0.3 is 4.74 Å². The molecule has 0 spiro atoms. The molecule has 0 aliphatic heterocycles. The molecule has 4 heteroatoms. The van der Waals surface area contributed by atoms with Gasteiger partial charge in [0.15, 0.2) is 0 Å². The Kier molecular flexibility index (Phi) is 3.66. The highest BCUT2D eigenvalue weighted by Gasteiger charge is 2.59. The predicted octanol–water partition coefficient (Wildman–Crippen LogP) is 6.89. The van der Waals surface area contributed by atoms with Crippen LogP contribution in [-0.4, -0.2) is 7.11 Å². The SMILES string of the molecule is COC12c3c(Br)cccc3C(C)(c3cccc(Br)c31)c1cccc(Br)c12. The van der Waals surface area contributed by atoms with Crippen LogP contribution < -0.4 is 0 Å². The van der Waals surface area contributed by atoms with E-state index in [0.717, 1.165) is 13.4 Å². The summed E-state index contributed by atoms with van der Waals surface area (Å²) >= 11 is 11.5. The van der Waals surface area contributed by atoms with Gasteiger partial charge in [0.1, 0.15) is 5.60 Å². The third-order valence-electron chi connectivity index (χ3n) is 6.02. The van der Waals surface area contributed by atoms with Gasteiger partial charge in [-0.25, -0.2) is 0 Å². The summed E-state index contributed by atoms with van der Waals surface area (Å²) in [6.07, 6.45) is 0. The summed E-state index contributed by atoms with van der Waals surface area (Å²) in [6.45, 7) is 2.33. The van der Waals surface area contributed by atoms with Crippen molar-refractivity contribution < 1.29 is 4.74 Å². The van der Waals surface area contributed by atoms with Crippen molar-refractivity contribution in [1.82, 2.24) is 0 Å². The van der Waals surface area contributed by atoms with Crippen LogP contribution in [0.1, 0.15) is 40.3 Å². The molecule has 0 radical (unpaired) electrons. The average molecular weight is 535 g/mol. The van der Waals surface area contributed by atoms with Crippen LogP contribution in [0.25, 0.3) is 0 Å². The van der Waals surface area contributed by atoms with Gasteiger partial charge in [0, 0.05) is 42.6 Å². The molecule has 6 rings (SSSR count). The quantitative estimate of drug-likeness (QED) is 0.330. The molecule has 0 saturated heterocycles. The molecule has 3 aliphatic carbocycles. The van der Waals surface area contributed by atoms with Crippen LogP contribution in [0.15, 0.2) is 68.0 Å². The Morgan fingerprint density at radius 1 is 0.654 bits per heavy atom. The van der Waals surface area contributed by atoms with Crippen LogP contribution in [0.3, 0.4) is 0 Å². The standard InChI is InChI=1S/C22H15Br3O/c1-21-12-6-3-9-15(23)18(12)22(26-2,19-13(21)7-4-10-16(19)24)20-14(21)8-5-11-17(20)25/h3-11H,1-2H3. The summed E-state index contributed by atoms with van der Waals surface area (Å²) in [5, 5.41) is 0. The zero-order valence-electron chi connectivity index (χ0n) is 14.2. The number of rotatable bonds is 1. The summed E-state index contributed by atoms with van der Waals surface area (Å²) in [5.74, 6) is 0. The molecule has 0 saturated carbocycles. The van der Waals surface area contributed by atoms with Crippen LogP contribution in [0.4, 0.5) is 0 Å². The predicted molar refractivity (Wildman–Crippen MR) is 115 cm³/mol. The number of hydrogen-bond donors (Lipinski definition) is 0. The van der Waals surface area contributed by atoms with E-state index < -0.39 is 5.60 Å². The van der Waals surface area contributed by atoms with Gasteiger partial charge in [0.2, 0.25) is 0 Å². The first kappa shape index (κ1) is 17.2. The molecule has 0 amide bonds. The first-order chi connectivity index (χ1) is 12.5. The summed E-state index contributed by atoms with van der Waals surface area (Å²) < 4.78 is 9.67. The second-order valence-corrected chi connectivity index (χ2v) is 9.56. The lowest BCUT2D eigenvalue weighted by molar-refractivity contribution is 0.0437.